The first kappa shape index (κ1) is 23.4. The molecule has 1 amide bonds. The summed E-state index contributed by atoms with van der Waals surface area (Å²) in [4.78, 5) is 26.3. The Labute approximate surface area is 182 Å². The van der Waals surface area contributed by atoms with Crippen molar-refractivity contribution in [2.45, 2.75) is 79.7 Å². The molecule has 1 aromatic carbocycles. The Kier molecular flexibility index (Phi) is 7.87. The summed E-state index contributed by atoms with van der Waals surface area (Å²) in [5.41, 5.74) is 4.54. The number of anilines is 1. The number of amides is 1. The molecule has 29 heavy (non-hydrogen) atoms. The van der Waals surface area contributed by atoms with E-state index in [-0.39, 0.29) is 28.7 Å². The Morgan fingerprint density at radius 1 is 1.07 bits per heavy atom. The molecule has 0 fully saturated rings. The normalized spacial score (nSPS) is 11.4. The lowest BCUT2D eigenvalue weighted by atomic mass is 9.92. The third-order valence-corrected chi connectivity index (χ3v) is 6.42. The highest BCUT2D eigenvalue weighted by Crippen LogP contribution is 2.33. The third kappa shape index (κ3) is 4.82. The van der Waals surface area contributed by atoms with E-state index in [0.717, 1.165) is 47.6 Å². The van der Waals surface area contributed by atoms with E-state index in [1.54, 1.807) is 0 Å². The largest absolute Gasteiger partial charge is 0.347 e. The number of benzene rings is 1. The first-order valence-corrected chi connectivity index (χ1v) is 11.2. The van der Waals surface area contributed by atoms with Crippen molar-refractivity contribution < 1.29 is 4.79 Å². The van der Waals surface area contributed by atoms with Gasteiger partial charge in [0.25, 0.3) is 5.91 Å². The monoisotopic (exact) mass is 460 g/mol. The summed E-state index contributed by atoms with van der Waals surface area (Å²) in [6, 6.07) is 6.12. The molecule has 4 nitrogen and oxygen atoms in total. The summed E-state index contributed by atoms with van der Waals surface area (Å²) in [5.74, 6) is 0.181. The quantitative estimate of drug-likeness (QED) is 0.510. The van der Waals surface area contributed by atoms with Gasteiger partial charge in [-0.05, 0) is 59.2 Å². The van der Waals surface area contributed by atoms with Crippen molar-refractivity contribution in [3.63, 3.8) is 0 Å². The summed E-state index contributed by atoms with van der Waals surface area (Å²) in [5, 5.41) is 3.10. The number of carbonyl (C=O) groups is 1. The van der Waals surface area contributed by atoms with Gasteiger partial charge in [0.2, 0.25) is 5.43 Å². The summed E-state index contributed by atoms with van der Waals surface area (Å²) >= 11 is 3.42. The zero-order valence-electron chi connectivity index (χ0n) is 18.6. The number of para-hydroxylation sites is 1. The van der Waals surface area contributed by atoms with Gasteiger partial charge in [0.05, 0.1) is 4.47 Å². The Morgan fingerprint density at radius 3 is 2.10 bits per heavy atom. The average Bonchev–Trinajstić information content (AvgIpc) is 2.66. The molecule has 0 aliphatic rings. The molecule has 158 valence electrons. The second-order valence-electron chi connectivity index (χ2n) is 8.27. The van der Waals surface area contributed by atoms with Crippen molar-refractivity contribution in [1.82, 2.24) is 4.57 Å². The molecule has 2 rings (SSSR count). The van der Waals surface area contributed by atoms with Crippen LogP contribution in [0.4, 0.5) is 5.69 Å². The van der Waals surface area contributed by atoms with Crippen molar-refractivity contribution in [1.29, 1.82) is 0 Å². The highest BCUT2D eigenvalue weighted by molar-refractivity contribution is 9.10. The second kappa shape index (κ2) is 9.75. The van der Waals surface area contributed by atoms with Gasteiger partial charge in [0.1, 0.15) is 5.56 Å². The van der Waals surface area contributed by atoms with Crippen LogP contribution in [0.15, 0.2) is 27.5 Å². The maximum Gasteiger partial charge on any atom is 0.261 e. The highest BCUT2D eigenvalue weighted by atomic mass is 79.9. The molecule has 0 radical (unpaired) electrons. The Morgan fingerprint density at radius 2 is 1.62 bits per heavy atom. The van der Waals surface area contributed by atoms with Crippen LogP contribution in [0, 0.1) is 13.8 Å². The van der Waals surface area contributed by atoms with Crippen molar-refractivity contribution in [2.75, 3.05) is 5.32 Å². The molecule has 0 saturated heterocycles. The summed E-state index contributed by atoms with van der Waals surface area (Å²) in [7, 11) is 0. The summed E-state index contributed by atoms with van der Waals surface area (Å²) < 4.78 is 2.53. The molecule has 1 aromatic heterocycles. The van der Waals surface area contributed by atoms with Gasteiger partial charge < -0.3 is 9.88 Å². The van der Waals surface area contributed by atoms with Crippen LogP contribution in [0.5, 0.6) is 0 Å². The fourth-order valence-electron chi connectivity index (χ4n) is 3.73. The van der Waals surface area contributed by atoms with Gasteiger partial charge in [-0.2, -0.15) is 0 Å². The van der Waals surface area contributed by atoms with Crippen LogP contribution < -0.4 is 10.7 Å². The minimum absolute atomic E-state index is 0.215. The third-order valence-electron chi connectivity index (χ3n) is 5.49. The number of hydrogen-bond acceptors (Lipinski definition) is 2. The van der Waals surface area contributed by atoms with Crippen molar-refractivity contribution in [2.24, 2.45) is 0 Å². The molecule has 0 aliphatic carbocycles. The van der Waals surface area contributed by atoms with Crippen molar-refractivity contribution in [3.05, 3.63) is 61.0 Å². The fraction of sp³-hybridized carbons (Fsp3) is 0.500. The Bertz CT molecular complexity index is 932. The van der Waals surface area contributed by atoms with E-state index in [1.165, 1.54) is 0 Å². The predicted molar refractivity (Wildman–Crippen MR) is 125 cm³/mol. The van der Waals surface area contributed by atoms with E-state index in [0.29, 0.717) is 4.47 Å². The number of nitrogens with zero attached hydrogens (tertiary/aromatic N) is 1. The van der Waals surface area contributed by atoms with E-state index in [2.05, 4.69) is 60.4 Å². The van der Waals surface area contributed by atoms with Crippen LogP contribution in [0.25, 0.3) is 0 Å². The molecule has 0 bridgehead atoms. The molecule has 1 heterocycles. The highest BCUT2D eigenvalue weighted by Gasteiger charge is 2.23. The van der Waals surface area contributed by atoms with E-state index in [1.807, 2.05) is 32.0 Å². The molecular formula is C24H33BrN2O2. The molecule has 0 saturated carbocycles. The number of hydrogen-bond donors (Lipinski definition) is 1. The average molecular weight is 461 g/mol. The number of carbonyl (C=O) groups excluding carboxylic acids is 1. The van der Waals surface area contributed by atoms with Gasteiger partial charge in [0, 0.05) is 23.6 Å². The van der Waals surface area contributed by atoms with Gasteiger partial charge in [-0.15, -0.1) is 0 Å². The first-order valence-electron chi connectivity index (χ1n) is 10.4. The van der Waals surface area contributed by atoms with Crippen LogP contribution >= 0.6 is 15.9 Å². The maximum absolute atomic E-state index is 13.3. The van der Waals surface area contributed by atoms with E-state index in [4.69, 9.17) is 0 Å². The minimum Gasteiger partial charge on any atom is -0.347 e. The number of nitrogens with one attached hydrogen (secondary N) is 1. The molecule has 2 aromatic rings. The number of halogens is 1. The van der Waals surface area contributed by atoms with Gasteiger partial charge in [-0.1, -0.05) is 59.2 Å². The lowest BCUT2D eigenvalue weighted by Crippen LogP contribution is -2.29. The molecule has 0 atom stereocenters. The zero-order valence-corrected chi connectivity index (χ0v) is 20.2. The van der Waals surface area contributed by atoms with Gasteiger partial charge >= 0.3 is 0 Å². The van der Waals surface area contributed by atoms with Crippen LogP contribution in [-0.2, 0) is 6.54 Å². The van der Waals surface area contributed by atoms with E-state index in [9.17, 15) is 9.59 Å². The maximum atomic E-state index is 13.3. The smallest absolute Gasteiger partial charge is 0.261 e. The van der Waals surface area contributed by atoms with E-state index < -0.39 is 0 Å². The molecular weight excluding hydrogens is 428 g/mol. The predicted octanol–water partition coefficient (Wildman–Crippen LogP) is 6.53. The van der Waals surface area contributed by atoms with Crippen LogP contribution in [0.2, 0.25) is 0 Å². The Balaban J connectivity index is 2.61. The lowest BCUT2D eigenvalue weighted by molar-refractivity contribution is 0.102. The Hall–Kier alpha value is -1.88. The number of unbranched alkanes of at least 4 members (excludes halogenated alkanes) is 1. The first-order chi connectivity index (χ1) is 13.6. The van der Waals surface area contributed by atoms with Crippen molar-refractivity contribution in [3.8, 4) is 0 Å². The van der Waals surface area contributed by atoms with Crippen LogP contribution in [-0.4, -0.2) is 10.5 Å². The molecule has 0 aliphatic heterocycles. The molecule has 5 heteroatoms. The minimum atomic E-state index is -0.339. The van der Waals surface area contributed by atoms with Gasteiger partial charge in [-0.3, -0.25) is 9.59 Å². The fourth-order valence-corrected chi connectivity index (χ4v) is 4.15. The van der Waals surface area contributed by atoms with Gasteiger partial charge in [0.15, 0.2) is 0 Å². The number of rotatable bonds is 7. The second-order valence-corrected chi connectivity index (χ2v) is 9.06. The number of aromatic nitrogens is 1. The zero-order chi connectivity index (χ0) is 21.9. The standard InChI is InChI=1S/C24H33BrN2O2/c1-8-9-13-27-16(6)20(23(28)21(25)17(27)7)24(29)26-22-18(14(2)3)11-10-12-19(22)15(4)5/h10-12,14-15H,8-9,13H2,1-7H3,(H,26,29). The topological polar surface area (TPSA) is 51.1 Å². The number of pyridine rings is 1. The molecule has 0 spiro atoms. The summed E-state index contributed by atoms with van der Waals surface area (Å²) in [6.07, 6.45) is 2.04. The van der Waals surface area contributed by atoms with Gasteiger partial charge in [-0.25, -0.2) is 0 Å². The van der Waals surface area contributed by atoms with E-state index >= 15 is 0 Å². The SMILES string of the molecule is CCCCn1c(C)c(Br)c(=O)c(C(=O)Nc2c(C(C)C)cccc2C(C)C)c1C. The molecule has 1 N–H and O–H groups in total. The molecule has 0 unspecified atom stereocenters. The van der Waals surface area contributed by atoms with Crippen molar-refractivity contribution >= 4 is 27.5 Å². The summed E-state index contributed by atoms with van der Waals surface area (Å²) in [6.45, 7) is 15.1. The lowest BCUT2D eigenvalue weighted by Gasteiger charge is -2.22. The van der Waals surface area contributed by atoms with Crippen LogP contribution in [0.1, 0.15) is 92.2 Å². The van der Waals surface area contributed by atoms with Crippen LogP contribution in [0.3, 0.4) is 0 Å².